The van der Waals surface area contributed by atoms with Crippen molar-refractivity contribution in [2.75, 3.05) is 13.6 Å². The molecule has 0 fully saturated rings. The van der Waals surface area contributed by atoms with E-state index in [1.54, 1.807) is 25.2 Å². The summed E-state index contributed by atoms with van der Waals surface area (Å²) in [5.74, 6) is 2.20. The predicted octanol–water partition coefficient (Wildman–Crippen LogP) is 2.09. The highest BCUT2D eigenvalue weighted by Gasteiger charge is 2.28. The van der Waals surface area contributed by atoms with Crippen molar-refractivity contribution in [3.63, 3.8) is 0 Å². The minimum atomic E-state index is -3.49. The molecule has 2 aromatic rings. The molecular weight excluding hydrogens is 338 g/mol. The third kappa shape index (κ3) is 3.06. The zero-order valence-electron chi connectivity index (χ0n) is 14.6. The van der Waals surface area contributed by atoms with Crippen molar-refractivity contribution in [1.82, 2.24) is 13.9 Å². The fourth-order valence-corrected chi connectivity index (χ4v) is 5.08. The van der Waals surface area contributed by atoms with Crippen molar-refractivity contribution in [3.05, 3.63) is 42.0 Å². The van der Waals surface area contributed by atoms with Crippen LogP contribution in [-0.2, 0) is 29.4 Å². The van der Waals surface area contributed by atoms with E-state index in [0.717, 1.165) is 42.9 Å². The van der Waals surface area contributed by atoms with Crippen LogP contribution >= 0.6 is 0 Å². The van der Waals surface area contributed by atoms with Crippen LogP contribution in [0.5, 0.6) is 5.75 Å². The summed E-state index contributed by atoms with van der Waals surface area (Å²) in [6.45, 7) is 3.34. The zero-order chi connectivity index (χ0) is 17.6. The molecule has 0 spiro atoms. The summed E-state index contributed by atoms with van der Waals surface area (Å²) in [5.41, 5.74) is 0.975. The normalized spacial score (nSPS) is 22.5. The van der Waals surface area contributed by atoms with E-state index in [2.05, 4.69) is 9.55 Å². The number of rotatable bonds is 4. The predicted molar refractivity (Wildman–Crippen MR) is 94.1 cm³/mol. The summed E-state index contributed by atoms with van der Waals surface area (Å²) in [5, 5.41) is 0. The molecule has 3 heterocycles. The summed E-state index contributed by atoms with van der Waals surface area (Å²) in [6.07, 6.45) is 6.52. The molecule has 25 heavy (non-hydrogen) atoms. The van der Waals surface area contributed by atoms with Gasteiger partial charge >= 0.3 is 0 Å². The van der Waals surface area contributed by atoms with E-state index in [0.29, 0.717) is 17.4 Å². The van der Waals surface area contributed by atoms with Crippen molar-refractivity contribution in [1.29, 1.82) is 0 Å². The molecule has 0 radical (unpaired) electrons. The first-order valence-corrected chi connectivity index (χ1v) is 10.1. The Morgan fingerprint density at radius 3 is 3.08 bits per heavy atom. The van der Waals surface area contributed by atoms with Gasteiger partial charge in [-0.15, -0.1) is 0 Å². The molecule has 4 rings (SSSR count). The first-order valence-electron chi connectivity index (χ1n) is 8.69. The molecule has 6 nitrogen and oxygen atoms in total. The zero-order valence-corrected chi connectivity index (χ0v) is 15.4. The largest absolute Gasteiger partial charge is 0.490 e. The van der Waals surface area contributed by atoms with E-state index in [9.17, 15) is 8.42 Å². The van der Waals surface area contributed by atoms with Crippen LogP contribution in [-0.4, -0.2) is 42.0 Å². The second-order valence-corrected chi connectivity index (χ2v) is 9.13. The van der Waals surface area contributed by atoms with Gasteiger partial charge in [-0.3, -0.25) is 0 Å². The van der Waals surface area contributed by atoms with Crippen molar-refractivity contribution in [3.8, 4) is 5.75 Å². The Kier molecular flexibility index (Phi) is 4.08. The molecular formula is C18H23N3O3S. The Balaban J connectivity index is 1.50. The lowest BCUT2D eigenvalue weighted by molar-refractivity contribution is 0.254. The SMILES string of the molecule is C[C@H]1Cc2cc(S(=O)(=O)N(C)C[C@H]3CCc4nccn4C3)ccc2O1. The lowest BCUT2D eigenvalue weighted by Crippen LogP contribution is -2.35. The first kappa shape index (κ1) is 16.6. The standard InChI is InChI=1S/C18H23N3O3S/c1-13-9-15-10-16(4-5-17(15)24-13)25(22,23)20(2)11-14-3-6-18-19-7-8-21(18)12-14/h4-5,7-8,10,13-14H,3,6,9,11-12H2,1-2H3/t13-,14+/m0/s1. The second kappa shape index (κ2) is 6.14. The van der Waals surface area contributed by atoms with Crippen LogP contribution in [0.25, 0.3) is 0 Å². The van der Waals surface area contributed by atoms with Gasteiger partial charge in [0.1, 0.15) is 17.7 Å². The summed E-state index contributed by atoms with van der Waals surface area (Å²) >= 11 is 0. The van der Waals surface area contributed by atoms with Gasteiger partial charge in [-0.1, -0.05) is 0 Å². The number of hydrogen-bond donors (Lipinski definition) is 0. The molecule has 1 aromatic heterocycles. The molecule has 0 N–H and O–H groups in total. The molecule has 2 atom stereocenters. The highest BCUT2D eigenvalue weighted by Crippen LogP contribution is 2.31. The number of sulfonamides is 1. The molecule has 0 aliphatic carbocycles. The smallest absolute Gasteiger partial charge is 0.242 e. The van der Waals surface area contributed by atoms with Crippen LogP contribution in [0.3, 0.4) is 0 Å². The average molecular weight is 361 g/mol. The number of benzene rings is 1. The molecule has 134 valence electrons. The minimum absolute atomic E-state index is 0.109. The molecule has 1 aromatic carbocycles. The van der Waals surface area contributed by atoms with E-state index in [-0.39, 0.29) is 6.10 Å². The summed E-state index contributed by atoms with van der Waals surface area (Å²) < 4.78 is 35.2. The number of aromatic nitrogens is 2. The molecule has 0 saturated heterocycles. The van der Waals surface area contributed by atoms with E-state index in [1.165, 1.54) is 4.31 Å². The fourth-order valence-electron chi connectivity index (χ4n) is 3.79. The third-order valence-electron chi connectivity index (χ3n) is 5.12. The van der Waals surface area contributed by atoms with Crippen LogP contribution in [0.4, 0.5) is 0 Å². The van der Waals surface area contributed by atoms with Crippen LogP contribution in [0.2, 0.25) is 0 Å². The highest BCUT2D eigenvalue weighted by atomic mass is 32.2. The quantitative estimate of drug-likeness (QED) is 0.836. The van der Waals surface area contributed by atoms with E-state index in [1.807, 2.05) is 19.3 Å². The minimum Gasteiger partial charge on any atom is -0.490 e. The first-order chi connectivity index (χ1) is 11.9. The molecule has 0 unspecified atom stereocenters. The third-order valence-corrected chi connectivity index (χ3v) is 6.94. The molecule has 0 bridgehead atoms. The number of fused-ring (bicyclic) bond motifs is 2. The van der Waals surface area contributed by atoms with Gasteiger partial charge in [0, 0.05) is 45.4 Å². The maximum absolute atomic E-state index is 12.9. The number of hydrogen-bond acceptors (Lipinski definition) is 4. The summed E-state index contributed by atoms with van der Waals surface area (Å²) in [7, 11) is -1.82. The van der Waals surface area contributed by atoms with Gasteiger partial charge < -0.3 is 9.30 Å². The van der Waals surface area contributed by atoms with Crippen molar-refractivity contribution in [2.45, 2.75) is 43.7 Å². The van der Waals surface area contributed by atoms with Crippen LogP contribution in [0, 0.1) is 5.92 Å². The Hall–Kier alpha value is -1.86. The molecule has 7 heteroatoms. The average Bonchev–Trinajstić information content (AvgIpc) is 3.18. The Labute approximate surface area is 148 Å². The van der Waals surface area contributed by atoms with Gasteiger partial charge in [0.2, 0.25) is 10.0 Å². The van der Waals surface area contributed by atoms with Gasteiger partial charge in [0.15, 0.2) is 0 Å². The maximum Gasteiger partial charge on any atom is 0.242 e. The van der Waals surface area contributed by atoms with E-state index >= 15 is 0 Å². The molecule has 0 saturated carbocycles. The summed E-state index contributed by atoms with van der Waals surface area (Å²) in [4.78, 5) is 4.68. The van der Waals surface area contributed by atoms with Crippen molar-refractivity contribution in [2.24, 2.45) is 5.92 Å². The van der Waals surface area contributed by atoms with Crippen molar-refractivity contribution >= 4 is 10.0 Å². The lowest BCUT2D eigenvalue weighted by atomic mass is 10.00. The molecule has 2 aliphatic rings. The number of nitrogens with zero attached hydrogens (tertiary/aromatic N) is 3. The van der Waals surface area contributed by atoms with Gasteiger partial charge in [0.25, 0.3) is 0 Å². The van der Waals surface area contributed by atoms with E-state index < -0.39 is 10.0 Å². The van der Waals surface area contributed by atoms with Crippen LogP contribution in [0.15, 0.2) is 35.5 Å². The van der Waals surface area contributed by atoms with E-state index in [4.69, 9.17) is 4.74 Å². The topological polar surface area (TPSA) is 64.4 Å². The maximum atomic E-state index is 12.9. The van der Waals surface area contributed by atoms with Crippen LogP contribution in [0.1, 0.15) is 24.7 Å². The number of imidazole rings is 1. The Morgan fingerprint density at radius 1 is 1.40 bits per heavy atom. The Morgan fingerprint density at radius 2 is 2.24 bits per heavy atom. The second-order valence-electron chi connectivity index (χ2n) is 7.09. The van der Waals surface area contributed by atoms with Crippen molar-refractivity contribution < 1.29 is 13.2 Å². The Bertz CT molecular complexity index is 891. The van der Waals surface area contributed by atoms with Gasteiger partial charge in [0.05, 0.1) is 4.90 Å². The summed E-state index contributed by atoms with van der Waals surface area (Å²) in [6, 6.07) is 5.19. The lowest BCUT2D eigenvalue weighted by Gasteiger charge is -2.27. The highest BCUT2D eigenvalue weighted by molar-refractivity contribution is 7.89. The van der Waals surface area contributed by atoms with Gasteiger partial charge in [-0.2, -0.15) is 0 Å². The molecule has 0 amide bonds. The number of ether oxygens (including phenoxy) is 1. The van der Waals surface area contributed by atoms with Crippen LogP contribution < -0.4 is 4.74 Å². The monoisotopic (exact) mass is 361 g/mol. The number of aryl methyl sites for hydroxylation is 1. The van der Waals surface area contributed by atoms with Gasteiger partial charge in [-0.05, 0) is 43.0 Å². The fraction of sp³-hybridized carbons (Fsp3) is 0.500. The van der Waals surface area contributed by atoms with Gasteiger partial charge in [-0.25, -0.2) is 17.7 Å². The molecule has 2 aliphatic heterocycles.